The molecule has 1 unspecified atom stereocenters. The molecule has 0 aromatic carbocycles. The van der Waals surface area contributed by atoms with E-state index in [1.807, 2.05) is 4.90 Å². The Balaban J connectivity index is 1.88. The second kappa shape index (κ2) is 8.17. The minimum absolute atomic E-state index is 0.0913. The van der Waals surface area contributed by atoms with Crippen LogP contribution < -0.4 is 20.3 Å². The zero-order chi connectivity index (χ0) is 19.4. The fourth-order valence-electron chi connectivity index (χ4n) is 2.91. The average molecular weight is 386 g/mol. The molecule has 0 saturated carbocycles. The summed E-state index contributed by atoms with van der Waals surface area (Å²) in [6.45, 7) is 5.25. The summed E-state index contributed by atoms with van der Waals surface area (Å²) in [4.78, 5) is 10.2. The van der Waals surface area contributed by atoms with Crippen molar-refractivity contribution in [1.82, 2.24) is 20.3 Å². The minimum atomic E-state index is -3.30. The van der Waals surface area contributed by atoms with Crippen LogP contribution in [0.2, 0.25) is 0 Å². The molecule has 0 spiro atoms. The Morgan fingerprint density at radius 1 is 1.50 bits per heavy atom. The number of nitrogens with zero attached hydrogens (tertiary/aromatic N) is 3. The Kier molecular flexibility index (Phi) is 6.40. The van der Waals surface area contributed by atoms with Crippen molar-refractivity contribution in [3.8, 4) is 0 Å². The monoisotopic (exact) mass is 386 g/mol. The van der Waals surface area contributed by atoms with Crippen molar-refractivity contribution in [3.63, 3.8) is 0 Å². The molecule has 0 radical (unpaired) electrons. The normalized spacial score (nSPS) is 18.9. The molecule has 1 atom stereocenters. The Morgan fingerprint density at radius 2 is 2.23 bits per heavy atom. The van der Waals surface area contributed by atoms with E-state index in [0.29, 0.717) is 31.4 Å². The third-order valence-corrected chi connectivity index (χ3v) is 4.87. The van der Waals surface area contributed by atoms with Gasteiger partial charge in [-0.15, -0.1) is 0 Å². The third kappa shape index (κ3) is 6.10. The molecular formula is C16H27FN6O2S. The number of hydrogen-bond donors (Lipinski definition) is 3. The first-order chi connectivity index (χ1) is 12.1. The smallest absolute Gasteiger partial charge is 0.209 e. The second-order valence-corrected chi connectivity index (χ2v) is 8.82. The molecule has 2 rings (SSSR count). The van der Waals surface area contributed by atoms with Gasteiger partial charge < -0.3 is 15.5 Å². The largest absolute Gasteiger partial charge is 0.355 e. The molecule has 0 bridgehead atoms. The molecule has 26 heavy (non-hydrogen) atoms. The van der Waals surface area contributed by atoms with Gasteiger partial charge in [0, 0.05) is 44.5 Å². The Bertz CT molecular complexity index is 753. The predicted octanol–water partition coefficient (Wildman–Crippen LogP) is 0.292. The van der Waals surface area contributed by atoms with Gasteiger partial charge in [0.25, 0.3) is 0 Å². The van der Waals surface area contributed by atoms with Crippen molar-refractivity contribution in [2.45, 2.75) is 31.8 Å². The van der Waals surface area contributed by atoms with E-state index in [9.17, 15) is 12.8 Å². The van der Waals surface area contributed by atoms with Crippen molar-refractivity contribution >= 4 is 21.8 Å². The summed E-state index contributed by atoms with van der Waals surface area (Å²) in [7, 11) is -1.65. The zero-order valence-corrected chi connectivity index (χ0v) is 16.4. The van der Waals surface area contributed by atoms with E-state index in [-0.39, 0.29) is 11.9 Å². The molecule has 1 aromatic heterocycles. The Labute approximate surface area is 154 Å². The molecule has 1 aromatic rings. The van der Waals surface area contributed by atoms with Crippen LogP contribution in [-0.4, -0.2) is 63.9 Å². The zero-order valence-electron chi connectivity index (χ0n) is 15.6. The van der Waals surface area contributed by atoms with E-state index in [1.54, 1.807) is 33.2 Å². The quantitative estimate of drug-likeness (QED) is 0.480. The summed E-state index contributed by atoms with van der Waals surface area (Å²) in [5.74, 6) is 0.601. The van der Waals surface area contributed by atoms with E-state index in [1.165, 1.54) is 6.07 Å². The second-order valence-electron chi connectivity index (χ2n) is 7.07. The van der Waals surface area contributed by atoms with E-state index in [4.69, 9.17) is 0 Å². The van der Waals surface area contributed by atoms with E-state index in [2.05, 4.69) is 25.3 Å². The van der Waals surface area contributed by atoms with Gasteiger partial charge in [0.2, 0.25) is 10.0 Å². The minimum Gasteiger partial charge on any atom is -0.355 e. The van der Waals surface area contributed by atoms with Gasteiger partial charge in [-0.3, -0.25) is 4.99 Å². The lowest BCUT2D eigenvalue weighted by Crippen LogP contribution is -2.54. The van der Waals surface area contributed by atoms with Gasteiger partial charge in [0.15, 0.2) is 17.6 Å². The SMILES string of the molecule is CN=C(NCC(C)(C)NS(C)(=O)=O)NC1CCN(c2ncccc2F)C1. The molecule has 1 fully saturated rings. The van der Waals surface area contributed by atoms with Gasteiger partial charge in [0.1, 0.15) is 0 Å². The average Bonchev–Trinajstić information content (AvgIpc) is 2.98. The van der Waals surface area contributed by atoms with Crippen LogP contribution in [-0.2, 0) is 10.0 Å². The Hall–Kier alpha value is -1.94. The van der Waals surface area contributed by atoms with Crippen LogP contribution in [0.15, 0.2) is 23.3 Å². The van der Waals surface area contributed by atoms with E-state index >= 15 is 0 Å². The van der Waals surface area contributed by atoms with Crippen LogP contribution >= 0.6 is 0 Å². The number of halogens is 1. The van der Waals surface area contributed by atoms with Crippen LogP contribution in [0.1, 0.15) is 20.3 Å². The third-order valence-electron chi connectivity index (χ3n) is 3.95. The molecule has 1 saturated heterocycles. The molecule has 1 aliphatic heterocycles. The molecule has 8 nitrogen and oxygen atoms in total. The summed E-state index contributed by atoms with van der Waals surface area (Å²) < 4.78 is 39.3. The highest BCUT2D eigenvalue weighted by Crippen LogP contribution is 2.20. The lowest BCUT2D eigenvalue weighted by Gasteiger charge is -2.27. The number of hydrogen-bond acceptors (Lipinski definition) is 5. The summed E-state index contributed by atoms with van der Waals surface area (Å²) in [5, 5.41) is 6.42. The molecule has 0 aliphatic carbocycles. The van der Waals surface area contributed by atoms with E-state index < -0.39 is 15.6 Å². The first-order valence-corrected chi connectivity index (χ1v) is 10.3. The number of anilines is 1. The fraction of sp³-hybridized carbons (Fsp3) is 0.625. The number of guanidine groups is 1. The first kappa shape index (κ1) is 20.4. The van der Waals surface area contributed by atoms with Crippen LogP contribution in [0.3, 0.4) is 0 Å². The highest BCUT2D eigenvalue weighted by atomic mass is 32.2. The maximum Gasteiger partial charge on any atom is 0.209 e. The lowest BCUT2D eigenvalue weighted by atomic mass is 10.1. The molecule has 146 valence electrons. The molecule has 10 heteroatoms. The number of sulfonamides is 1. The highest BCUT2D eigenvalue weighted by Gasteiger charge is 2.27. The number of pyridine rings is 1. The molecule has 1 aliphatic rings. The van der Waals surface area contributed by atoms with Crippen LogP contribution in [0, 0.1) is 5.82 Å². The van der Waals surface area contributed by atoms with Crippen molar-refractivity contribution in [1.29, 1.82) is 0 Å². The van der Waals surface area contributed by atoms with Crippen molar-refractivity contribution < 1.29 is 12.8 Å². The fourth-order valence-corrected chi connectivity index (χ4v) is 3.99. The van der Waals surface area contributed by atoms with Crippen molar-refractivity contribution in [2.24, 2.45) is 4.99 Å². The Morgan fingerprint density at radius 3 is 2.85 bits per heavy atom. The van der Waals surface area contributed by atoms with Crippen molar-refractivity contribution in [3.05, 3.63) is 24.1 Å². The summed E-state index contributed by atoms with van der Waals surface area (Å²) in [6.07, 6.45) is 3.53. The van der Waals surface area contributed by atoms with Gasteiger partial charge in [0.05, 0.1) is 6.26 Å². The number of nitrogens with one attached hydrogen (secondary N) is 3. The molecular weight excluding hydrogens is 359 g/mol. The summed E-state index contributed by atoms with van der Waals surface area (Å²) in [6, 6.07) is 3.07. The van der Waals surface area contributed by atoms with Gasteiger partial charge in [-0.25, -0.2) is 22.5 Å². The predicted molar refractivity (Wildman–Crippen MR) is 101 cm³/mol. The van der Waals surface area contributed by atoms with Gasteiger partial charge >= 0.3 is 0 Å². The summed E-state index contributed by atoms with van der Waals surface area (Å²) in [5.41, 5.74) is -0.663. The number of rotatable bonds is 6. The van der Waals surface area contributed by atoms with Gasteiger partial charge in [-0.2, -0.15) is 0 Å². The number of aliphatic imine (C=N–C) groups is 1. The number of aromatic nitrogens is 1. The topological polar surface area (TPSA) is 98.7 Å². The van der Waals surface area contributed by atoms with Crippen LogP contribution in [0.4, 0.5) is 10.2 Å². The highest BCUT2D eigenvalue weighted by molar-refractivity contribution is 7.88. The summed E-state index contributed by atoms with van der Waals surface area (Å²) >= 11 is 0. The molecule has 3 N–H and O–H groups in total. The van der Waals surface area contributed by atoms with Crippen LogP contribution in [0.25, 0.3) is 0 Å². The lowest BCUT2D eigenvalue weighted by molar-refractivity contribution is 0.445. The molecule has 2 heterocycles. The van der Waals surface area contributed by atoms with E-state index in [0.717, 1.165) is 12.7 Å². The maximum absolute atomic E-state index is 13.9. The maximum atomic E-state index is 13.9. The standard InChI is InChI=1S/C16H27FN6O2S/c1-16(2,22-26(4,24)25)11-20-15(18-3)21-12-7-9-23(10-12)14-13(17)6-5-8-19-14/h5-6,8,12,22H,7,9-11H2,1-4H3,(H2,18,20,21). The first-order valence-electron chi connectivity index (χ1n) is 8.41. The van der Waals surface area contributed by atoms with Crippen molar-refractivity contribution in [2.75, 3.05) is 37.8 Å². The van der Waals surface area contributed by atoms with Crippen LogP contribution in [0.5, 0.6) is 0 Å². The molecule has 0 amide bonds. The van der Waals surface area contributed by atoms with Gasteiger partial charge in [-0.1, -0.05) is 0 Å². The van der Waals surface area contributed by atoms with Gasteiger partial charge in [-0.05, 0) is 32.4 Å².